The molecule has 1 aliphatic rings. The van der Waals surface area contributed by atoms with Gasteiger partial charge >= 0.3 is 0 Å². The van der Waals surface area contributed by atoms with Gasteiger partial charge in [-0.15, -0.1) is 0 Å². The van der Waals surface area contributed by atoms with Gasteiger partial charge < -0.3 is 5.73 Å². The minimum absolute atomic E-state index is 0.0706. The Hall–Kier alpha value is -0.120. The molecule has 0 aromatic heterocycles. The number of hydrogen-bond acceptors (Lipinski definition) is 1. The third kappa shape index (κ3) is 1.71. The van der Waals surface area contributed by atoms with Crippen molar-refractivity contribution in [1.29, 1.82) is 0 Å². The van der Waals surface area contributed by atoms with Crippen molar-refractivity contribution in [2.75, 3.05) is 0 Å². The predicted molar refractivity (Wildman–Crippen MR) is 63.7 cm³/mol. The summed E-state index contributed by atoms with van der Waals surface area (Å²) in [4.78, 5) is 0. The maximum Gasteiger partial charge on any atom is 0.128 e. The van der Waals surface area contributed by atoms with Gasteiger partial charge in [0.2, 0.25) is 0 Å². The second-order valence-electron chi connectivity index (χ2n) is 4.16. The van der Waals surface area contributed by atoms with E-state index in [1.807, 2.05) is 6.92 Å². The lowest BCUT2D eigenvalue weighted by Gasteiger charge is -2.22. The van der Waals surface area contributed by atoms with E-state index in [1.165, 1.54) is 6.07 Å². The normalized spacial score (nSPS) is 20.1. The summed E-state index contributed by atoms with van der Waals surface area (Å²) in [7, 11) is 0. The van der Waals surface area contributed by atoms with E-state index < -0.39 is 0 Å². The first-order valence-corrected chi connectivity index (χ1v) is 6.06. The molecule has 1 fully saturated rings. The summed E-state index contributed by atoms with van der Waals surface area (Å²) in [5, 5.41) is 0.463. The Labute approximate surface area is 102 Å². The van der Waals surface area contributed by atoms with Crippen LogP contribution in [0.1, 0.15) is 25.3 Å². The zero-order valence-corrected chi connectivity index (χ0v) is 10.7. The maximum absolute atomic E-state index is 13.8. The highest BCUT2D eigenvalue weighted by atomic mass is 79.9. The van der Waals surface area contributed by atoms with Crippen molar-refractivity contribution >= 4 is 27.5 Å². The van der Waals surface area contributed by atoms with Gasteiger partial charge in [-0.3, -0.25) is 0 Å². The van der Waals surface area contributed by atoms with E-state index in [0.29, 0.717) is 10.6 Å². The fraction of sp³-hybridized carbons (Fsp3) is 0.455. The lowest BCUT2D eigenvalue weighted by Crippen LogP contribution is -2.32. The van der Waals surface area contributed by atoms with Crippen molar-refractivity contribution in [3.05, 3.63) is 33.0 Å². The van der Waals surface area contributed by atoms with Crippen LogP contribution in [0.4, 0.5) is 4.39 Å². The average Bonchev–Trinajstić information content (AvgIpc) is 2.93. The van der Waals surface area contributed by atoms with Gasteiger partial charge in [-0.1, -0.05) is 11.6 Å². The Morgan fingerprint density at radius 2 is 2.13 bits per heavy atom. The summed E-state index contributed by atoms with van der Waals surface area (Å²) >= 11 is 9.43. The maximum atomic E-state index is 13.8. The lowest BCUT2D eigenvalue weighted by atomic mass is 9.89. The fourth-order valence-corrected chi connectivity index (χ4v) is 2.72. The molecule has 2 N–H and O–H groups in total. The van der Waals surface area contributed by atoms with Crippen molar-refractivity contribution in [3.63, 3.8) is 0 Å². The van der Waals surface area contributed by atoms with Crippen LogP contribution in [0.3, 0.4) is 0 Å². The third-order valence-corrected chi connectivity index (χ3v) is 4.48. The Morgan fingerprint density at radius 3 is 2.60 bits per heavy atom. The van der Waals surface area contributed by atoms with Gasteiger partial charge in [0.05, 0.1) is 5.02 Å². The molecular formula is C11H12BrClFN. The van der Waals surface area contributed by atoms with Crippen molar-refractivity contribution in [1.82, 2.24) is 0 Å². The molecule has 1 atom stereocenters. The van der Waals surface area contributed by atoms with Crippen LogP contribution in [-0.2, 0) is 5.41 Å². The van der Waals surface area contributed by atoms with Gasteiger partial charge in [-0.2, -0.15) is 0 Å². The minimum Gasteiger partial charge on any atom is -0.327 e. The quantitative estimate of drug-likeness (QED) is 0.828. The van der Waals surface area contributed by atoms with Crippen LogP contribution in [-0.4, -0.2) is 6.04 Å². The van der Waals surface area contributed by atoms with E-state index >= 15 is 0 Å². The summed E-state index contributed by atoms with van der Waals surface area (Å²) in [6, 6.07) is 2.99. The van der Waals surface area contributed by atoms with Gasteiger partial charge in [0.15, 0.2) is 0 Å². The third-order valence-electron chi connectivity index (χ3n) is 3.20. The van der Waals surface area contributed by atoms with Crippen LogP contribution < -0.4 is 5.73 Å². The molecule has 0 heterocycles. The van der Waals surface area contributed by atoms with Crippen molar-refractivity contribution in [2.24, 2.45) is 5.73 Å². The van der Waals surface area contributed by atoms with Gasteiger partial charge in [0.1, 0.15) is 5.82 Å². The van der Waals surface area contributed by atoms with Gasteiger partial charge in [-0.25, -0.2) is 4.39 Å². The summed E-state index contributed by atoms with van der Waals surface area (Å²) in [5.41, 5.74) is 6.24. The first-order valence-electron chi connectivity index (χ1n) is 4.88. The van der Waals surface area contributed by atoms with E-state index in [2.05, 4.69) is 15.9 Å². The van der Waals surface area contributed by atoms with E-state index in [1.54, 1.807) is 6.07 Å². The molecule has 0 spiro atoms. The van der Waals surface area contributed by atoms with Crippen molar-refractivity contribution < 1.29 is 4.39 Å². The van der Waals surface area contributed by atoms with E-state index in [4.69, 9.17) is 17.3 Å². The molecule has 0 radical (unpaired) electrons. The van der Waals surface area contributed by atoms with Gasteiger partial charge in [0, 0.05) is 21.5 Å². The molecule has 0 saturated heterocycles. The zero-order valence-electron chi connectivity index (χ0n) is 8.36. The number of hydrogen-bond donors (Lipinski definition) is 1. The fourth-order valence-electron chi connectivity index (χ4n) is 2.05. The molecule has 1 unspecified atom stereocenters. The first kappa shape index (κ1) is 11.4. The summed E-state index contributed by atoms with van der Waals surface area (Å²) < 4.78 is 14.5. The Bertz CT molecular complexity index is 402. The molecule has 2 rings (SSSR count). The highest BCUT2D eigenvalue weighted by Crippen LogP contribution is 2.54. The molecule has 1 aliphatic carbocycles. The van der Waals surface area contributed by atoms with Crippen LogP contribution in [0.25, 0.3) is 0 Å². The number of halogens is 3. The van der Waals surface area contributed by atoms with Crippen LogP contribution in [0.5, 0.6) is 0 Å². The SMILES string of the molecule is CC(N)C1(c2c(F)ccc(Br)c2Cl)CC1. The van der Waals surface area contributed by atoms with Gasteiger partial charge in [0.25, 0.3) is 0 Å². The largest absolute Gasteiger partial charge is 0.327 e. The number of rotatable bonds is 2. The summed E-state index contributed by atoms with van der Waals surface area (Å²) in [6.07, 6.45) is 1.83. The molecule has 1 saturated carbocycles. The topological polar surface area (TPSA) is 26.0 Å². The highest BCUT2D eigenvalue weighted by Gasteiger charge is 2.50. The van der Waals surface area contributed by atoms with E-state index in [0.717, 1.165) is 17.3 Å². The molecule has 1 aromatic carbocycles. The molecule has 0 amide bonds. The standard InChI is InChI=1S/C11H12BrClFN/c1-6(15)11(4-5-11)9-8(14)3-2-7(12)10(9)13/h2-3,6H,4-5,15H2,1H3. The monoisotopic (exact) mass is 291 g/mol. The molecule has 0 aliphatic heterocycles. The minimum atomic E-state index is -0.252. The molecule has 4 heteroatoms. The summed E-state index contributed by atoms with van der Waals surface area (Å²) in [6.45, 7) is 1.91. The van der Waals surface area contributed by atoms with E-state index in [9.17, 15) is 4.39 Å². The van der Waals surface area contributed by atoms with Crippen LogP contribution in [0.2, 0.25) is 5.02 Å². The molecule has 1 nitrogen and oxygen atoms in total. The molecule has 1 aromatic rings. The molecular weight excluding hydrogens is 280 g/mol. The highest BCUT2D eigenvalue weighted by molar-refractivity contribution is 9.10. The molecule has 82 valence electrons. The average molecular weight is 293 g/mol. The number of nitrogens with two attached hydrogens (primary N) is 1. The van der Waals surface area contributed by atoms with Crippen LogP contribution in [0, 0.1) is 5.82 Å². The Balaban J connectivity index is 2.57. The Kier molecular flexibility index (Phi) is 2.82. The smallest absolute Gasteiger partial charge is 0.128 e. The van der Waals surface area contributed by atoms with Crippen molar-refractivity contribution in [2.45, 2.75) is 31.2 Å². The first-order chi connectivity index (χ1) is 6.99. The molecule has 15 heavy (non-hydrogen) atoms. The zero-order chi connectivity index (χ0) is 11.2. The Morgan fingerprint density at radius 1 is 1.53 bits per heavy atom. The predicted octanol–water partition coefficient (Wildman–Crippen LogP) is 3.62. The van der Waals surface area contributed by atoms with E-state index in [-0.39, 0.29) is 17.3 Å². The number of benzene rings is 1. The van der Waals surface area contributed by atoms with Crippen LogP contribution >= 0.6 is 27.5 Å². The van der Waals surface area contributed by atoms with Crippen LogP contribution in [0.15, 0.2) is 16.6 Å². The summed E-state index contributed by atoms with van der Waals surface area (Å²) in [5.74, 6) is -0.252. The molecule has 0 bridgehead atoms. The second kappa shape index (κ2) is 3.72. The second-order valence-corrected chi connectivity index (χ2v) is 5.40. The lowest BCUT2D eigenvalue weighted by molar-refractivity contribution is 0.512. The van der Waals surface area contributed by atoms with Gasteiger partial charge in [-0.05, 0) is 47.8 Å². The van der Waals surface area contributed by atoms with Crippen molar-refractivity contribution in [3.8, 4) is 0 Å².